The fourth-order valence-corrected chi connectivity index (χ4v) is 2.88. The maximum absolute atomic E-state index is 13.5. The predicted octanol–water partition coefficient (Wildman–Crippen LogP) is 5.12. The molecule has 0 fully saturated rings. The lowest BCUT2D eigenvalue weighted by Crippen LogP contribution is -2.24. The summed E-state index contributed by atoms with van der Waals surface area (Å²) in [5, 5.41) is 3.37. The molecule has 2 rings (SSSR count). The number of rotatable bonds is 5. The second-order valence-corrected chi connectivity index (χ2v) is 6.01. The van der Waals surface area contributed by atoms with Crippen molar-refractivity contribution in [2.75, 3.05) is 6.54 Å². The highest BCUT2D eigenvalue weighted by Gasteiger charge is 2.17. The zero-order valence-corrected chi connectivity index (χ0v) is 13.7. The fraction of sp³-hybridized carbons (Fsp3) is 0.294. The molecule has 1 nitrogen and oxygen atoms in total. The maximum Gasteiger partial charge on any atom is 0.126 e. The van der Waals surface area contributed by atoms with E-state index in [0.29, 0.717) is 5.56 Å². The molecule has 0 radical (unpaired) electrons. The molecule has 0 spiro atoms. The van der Waals surface area contributed by atoms with Gasteiger partial charge in [0, 0.05) is 10.5 Å². The van der Waals surface area contributed by atoms with Crippen molar-refractivity contribution in [3.63, 3.8) is 0 Å². The number of halogens is 3. The van der Waals surface area contributed by atoms with Crippen LogP contribution in [0.2, 0.25) is 0 Å². The van der Waals surface area contributed by atoms with E-state index in [-0.39, 0.29) is 6.04 Å². The van der Waals surface area contributed by atoms with Crippen LogP contribution in [0.5, 0.6) is 0 Å². The first kappa shape index (κ1) is 16.1. The monoisotopic (exact) mass is 353 g/mol. The van der Waals surface area contributed by atoms with E-state index in [2.05, 4.69) is 28.2 Å². The molecule has 4 heteroatoms. The number of hydrogen-bond acceptors (Lipinski definition) is 1. The largest absolute Gasteiger partial charge is 0.306 e. The summed E-state index contributed by atoms with van der Waals surface area (Å²) in [5.74, 6) is -1.11. The Balaban J connectivity index is 2.46. The molecule has 1 N–H and O–H groups in total. The summed E-state index contributed by atoms with van der Waals surface area (Å²) in [6.07, 6.45) is 0.948. The van der Waals surface area contributed by atoms with Crippen LogP contribution in [-0.4, -0.2) is 6.54 Å². The van der Waals surface area contributed by atoms with Gasteiger partial charge in [-0.15, -0.1) is 0 Å². The van der Waals surface area contributed by atoms with Crippen molar-refractivity contribution in [2.45, 2.75) is 26.3 Å². The Morgan fingerprint density at radius 3 is 2.33 bits per heavy atom. The van der Waals surface area contributed by atoms with E-state index >= 15 is 0 Å². The summed E-state index contributed by atoms with van der Waals surface area (Å²) >= 11 is 3.44. The minimum atomic E-state index is -0.553. The molecule has 0 amide bonds. The van der Waals surface area contributed by atoms with E-state index < -0.39 is 11.6 Å². The number of aryl methyl sites for hydroxylation is 1. The van der Waals surface area contributed by atoms with Crippen molar-refractivity contribution in [3.8, 4) is 0 Å². The Morgan fingerprint density at radius 2 is 1.76 bits per heavy atom. The molecule has 0 aliphatic carbocycles. The lowest BCUT2D eigenvalue weighted by molar-refractivity contribution is 0.557. The third kappa shape index (κ3) is 4.11. The lowest BCUT2D eigenvalue weighted by atomic mass is 9.94. The van der Waals surface area contributed by atoms with Gasteiger partial charge < -0.3 is 5.32 Å². The summed E-state index contributed by atoms with van der Waals surface area (Å²) in [7, 11) is 0. The smallest absolute Gasteiger partial charge is 0.126 e. The minimum absolute atomic E-state index is 0.219. The quantitative estimate of drug-likeness (QED) is 0.785. The zero-order chi connectivity index (χ0) is 15.4. The Kier molecular flexibility index (Phi) is 5.48. The molecule has 2 aromatic rings. The first-order valence-corrected chi connectivity index (χ1v) is 7.76. The molecule has 0 aliphatic rings. The van der Waals surface area contributed by atoms with Crippen molar-refractivity contribution >= 4 is 15.9 Å². The first-order valence-electron chi connectivity index (χ1n) is 6.96. The van der Waals surface area contributed by atoms with E-state index in [4.69, 9.17) is 0 Å². The molecule has 0 bridgehead atoms. The van der Waals surface area contributed by atoms with Gasteiger partial charge in [0.05, 0.1) is 6.04 Å². The van der Waals surface area contributed by atoms with Gasteiger partial charge in [0.25, 0.3) is 0 Å². The number of hydrogen-bond donors (Lipinski definition) is 1. The van der Waals surface area contributed by atoms with E-state index in [1.54, 1.807) is 0 Å². The Morgan fingerprint density at radius 1 is 1.10 bits per heavy atom. The summed E-state index contributed by atoms with van der Waals surface area (Å²) in [6, 6.07) is 9.38. The summed E-state index contributed by atoms with van der Waals surface area (Å²) < 4.78 is 28.0. The average molecular weight is 354 g/mol. The number of benzene rings is 2. The standard InChI is InChI=1S/C17H18BrF2N/c1-3-6-21-17(12-8-14(19)10-15(20)9-12)16-5-4-13(18)7-11(16)2/h4-5,7-10,17,21H,3,6H2,1-2H3. The molecule has 0 aliphatic heterocycles. The van der Waals surface area contributed by atoms with Gasteiger partial charge in [-0.3, -0.25) is 0 Å². The highest BCUT2D eigenvalue weighted by Crippen LogP contribution is 2.28. The first-order chi connectivity index (χ1) is 10.0. The van der Waals surface area contributed by atoms with E-state index in [0.717, 1.165) is 34.6 Å². The van der Waals surface area contributed by atoms with Gasteiger partial charge in [-0.25, -0.2) is 8.78 Å². The summed E-state index contributed by atoms with van der Waals surface area (Å²) in [5.41, 5.74) is 2.70. The van der Waals surface area contributed by atoms with Gasteiger partial charge in [0.2, 0.25) is 0 Å². The van der Waals surface area contributed by atoms with Crippen LogP contribution in [0, 0.1) is 18.6 Å². The van der Waals surface area contributed by atoms with Gasteiger partial charge in [-0.2, -0.15) is 0 Å². The Hall–Kier alpha value is -1.26. The normalized spacial score (nSPS) is 12.4. The van der Waals surface area contributed by atoms with E-state index in [1.807, 2.05) is 25.1 Å². The second kappa shape index (κ2) is 7.14. The third-order valence-corrected chi connectivity index (χ3v) is 3.85. The van der Waals surface area contributed by atoms with Crippen LogP contribution in [0.15, 0.2) is 40.9 Å². The van der Waals surface area contributed by atoms with Crippen molar-refractivity contribution < 1.29 is 8.78 Å². The Labute approximate surface area is 132 Å². The predicted molar refractivity (Wildman–Crippen MR) is 85.4 cm³/mol. The SMILES string of the molecule is CCCNC(c1cc(F)cc(F)c1)c1ccc(Br)cc1C. The second-order valence-electron chi connectivity index (χ2n) is 5.09. The molecule has 2 aromatic carbocycles. The van der Waals surface area contributed by atoms with Crippen LogP contribution in [0.4, 0.5) is 8.78 Å². The van der Waals surface area contributed by atoms with Gasteiger partial charge in [0.1, 0.15) is 11.6 Å². The van der Waals surface area contributed by atoms with Gasteiger partial charge >= 0.3 is 0 Å². The molecule has 1 atom stereocenters. The molecule has 0 saturated heterocycles. The van der Waals surface area contributed by atoms with E-state index in [9.17, 15) is 8.78 Å². The van der Waals surface area contributed by atoms with Gasteiger partial charge in [-0.05, 0) is 60.8 Å². The van der Waals surface area contributed by atoms with Crippen molar-refractivity contribution in [3.05, 3.63) is 69.2 Å². The third-order valence-electron chi connectivity index (χ3n) is 3.36. The molecular weight excluding hydrogens is 336 g/mol. The van der Waals surface area contributed by atoms with Crippen LogP contribution in [-0.2, 0) is 0 Å². The summed E-state index contributed by atoms with van der Waals surface area (Å²) in [6.45, 7) is 4.83. The van der Waals surface area contributed by atoms with Crippen molar-refractivity contribution in [1.29, 1.82) is 0 Å². The zero-order valence-electron chi connectivity index (χ0n) is 12.1. The lowest BCUT2D eigenvalue weighted by Gasteiger charge is -2.22. The van der Waals surface area contributed by atoms with Crippen LogP contribution >= 0.6 is 15.9 Å². The average Bonchev–Trinajstić information content (AvgIpc) is 2.40. The number of nitrogens with one attached hydrogen (secondary N) is 1. The van der Waals surface area contributed by atoms with Crippen LogP contribution < -0.4 is 5.32 Å². The minimum Gasteiger partial charge on any atom is -0.306 e. The molecule has 112 valence electrons. The topological polar surface area (TPSA) is 12.0 Å². The molecule has 0 heterocycles. The summed E-state index contributed by atoms with van der Waals surface area (Å²) in [4.78, 5) is 0. The van der Waals surface area contributed by atoms with Crippen molar-refractivity contribution in [2.24, 2.45) is 0 Å². The molecule has 1 unspecified atom stereocenters. The molecule has 0 saturated carbocycles. The molecular formula is C17H18BrF2N. The van der Waals surface area contributed by atoms with Gasteiger partial charge in [0.15, 0.2) is 0 Å². The van der Waals surface area contributed by atoms with Crippen LogP contribution in [0.3, 0.4) is 0 Å². The van der Waals surface area contributed by atoms with Crippen LogP contribution in [0.25, 0.3) is 0 Å². The maximum atomic E-state index is 13.5. The molecule has 21 heavy (non-hydrogen) atoms. The highest BCUT2D eigenvalue weighted by atomic mass is 79.9. The highest BCUT2D eigenvalue weighted by molar-refractivity contribution is 9.10. The molecule has 0 aromatic heterocycles. The fourth-order valence-electron chi connectivity index (χ4n) is 2.40. The Bertz CT molecular complexity index is 608. The van der Waals surface area contributed by atoms with Crippen LogP contribution in [0.1, 0.15) is 36.1 Å². The van der Waals surface area contributed by atoms with Crippen molar-refractivity contribution in [1.82, 2.24) is 5.32 Å². The van der Waals surface area contributed by atoms with E-state index in [1.165, 1.54) is 12.1 Å². The van der Waals surface area contributed by atoms with Gasteiger partial charge in [-0.1, -0.05) is 28.9 Å².